The van der Waals surface area contributed by atoms with Crippen LogP contribution in [0.1, 0.15) is 12.0 Å². The van der Waals surface area contributed by atoms with Gasteiger partial charge in [-0.05, 0) is 24.0 Å². The molecule has 1 aromatic rings. The van der Waals surface area contributed by atoms with Gasteiger partial charge in [0.15, 0.2) is 0 Å². The van der Waals surface area contributed by atoms with Crippen LogP contribution in [0.2, 0.25) is 0 Å². The van der Waals surface area contributed by atoms with Crippen LogP contribution >= 0.6 is 11.8 Å². The molecule has 1 rings (SSSR count). The Morgan fingerprint density at radius 2 is 1.92 bits per heavy atom. The standard InChI is InChI=1S/C16H22N2O5S/c1-22-15(20)13(8-9-24-2)18-14(19)10-17-16(21)23-11-12-6-4-3-5-7-12/h3-7,13H,8-11H2,1-2H3,(H,17,21)(H,18,19). The van der Waals surface area contributed by atoms with Gasteiger partial charge in [0.05, 0.1) is 7.11 Å². The molecular weight excluding hydrogens is 332 g/mol. The average molecular weight is 354 g/mol. The molecule has 1 aromatic carbocycles. The maximum absolute atomic E-state index is 11.8. The average Bonchev–Trinajstić information content (AvgIpc) is 2.61. The zero-order chi connectivity index (χ0) is 17.8. The molecular formula is C16H22N2O5S. The molecule has 8 heteroatoms. The van der Waals surface area contributed by atoms with Crippen molar-refractivity contribution in [2.45, 2.75) is 19.1 Å². The molecule has 0 aliphatic carbocycles. The largest absolute Gasteiger partial charge is 0.467 e. The van der Waals surface area contributed by atoms with Gasteiger partial charge >= 0.3 is 12.1 Å². The van der Waals surface area contributed by atoms with Gasteiger partial charge in [-0.2, -0.15) is 11.8 Å². The van der Waals surface area contributed by atoms with Crippen molar-refractivity contribution in [1.82, 2.24) is 10.6 Å². The lowest BCUT2D eigenvalue weighted by Gasteiger charge is -2.16. The third-order valence-corrected chi connectivity index (χ3v) is 3.68. The zero-order valence-electron chi connectivity index (χ0n) is 13.7. The fourth-order valence-electron chi connectivity index (χ4n) is 1.80. The fourth-order valence-corrected chi connectivity index (χ4v) is 2.27. The number of amides is 2. The fraction of sp³-hybridized carbons (Fsp3) is 0.438. The topological polar surface area (TPSA) is 93.7 Å². The van der Waals surface area contributed by atoms with Crippen molar-refractivity contribution in [2.75, 3.05) is 25.7 Å². The van der Waals surface area contributed by atoms with Crippen LogP contribution in [0.5, 0.6) is 0 Å². The Bertz CT molecular complexity index is 539. The van der Waals surface area contributed by atoms with E-state index in [4.69, 9.17) is 4.74 Å². The molecule has 2 amide bonds. The van der Waals surface area contributed by atoms with E-state index in [0.717, 1.165) is 5.56 Å². The van der Waals surface area contributed by atoms with Crippen molar-refractivity contribution in [1.29, 1.82) is 0 Å². The second kappa shape index (κ2) is 11.3. The van der Waals surface area contributed by atoms with Gasteiger partial charge in [-0.25, -0.2) is 9.59 Å². The van der Waals surface area contributed by atoms with E-state index in [1.54, 1.807) is 11.8 Å². The van der Waals surface area contributed by atoms with Crippen molar-refractivity contribution in [3.8, 4) is 0 Å². The number of esters is 1. The van der Waals surface area contributed by atoms with E-state index in [2.05, 4.69) is 15.4 Å². The number of rotatable bonds is 9. The van der Waals surface area contributed by atoms with E-state index < -0.39 is 24.0 Å². The number of nitrogens with one attached hydrogen (secondary N) is 2. The van der Waals surface area contributed by atoms with E-state index >= 15 is 0 Å². The van der Waals surface area contributed by atoms with Crippen LogP contribution in [-0.2, 0) is 25.7 Å². The summed E-state index contributed by atoms with van der Waals surface area (Å²) in [4.78, 5) is 35.0. The Kier molecular flexibility index (Phi) is 9.36. The molecule has 1 unspecified atom stereocenters. The molecule has 0 heterocycles. The normalized spacial score (nSPS) is 11.2. The molecule has 0 saturated heterocycles. The minimum atomic E-state index is -0.725. The summed E-state index contributed by atoms with van der Waals surface area (Å²) in [5.41, 5.74) is 0.847. The van der Waals surface area contributed by atoms with Crippen LogP contribution in [0.15, 0.2) is 30.3 Å². The molecule has 24 heavy (non-hydrogen) atoms. The Labute approximate surface area is 145 Å². The summed E-state index contributed by atoms with van der Waals surface area (Å²) in [6.45, 7) is -0.160. The van der Waals surface area contributed by atoms with Gasteiger partial charge < -0.3 is 20.1 Å². The van der Waals surface area contributed by atoms with Crippen molar-refractivity contribution < 1.29 is 23.9 Å². The Hall–Kier alpha value is -2.22. The Balaban J connectivity index is 2.32. The van der Waals surface area contributed by atoms with E-state index in [1.165, 1.54) is 7.11 Å². The summed E-state index contributed by atoms with van der Waals surface area (Å²) in [5, 5.41) is 4.88. The summed E-state index contributed by atoms with van der Waals surface area (Å²) in [6, 6.07) is 8.47. The molecule has 2 N–H and O–H groups in total. The molecule has 0 aromatic heterocycles. The monoisotopic (exact) mass is 354 g/mol. The molecule has 0 saturated carbocycles. The highest BCUT2D eigenvalue weighted by atomic mass is 32.2. The molecule has 1 atom stereocenters. The number of thioether (sulfide) groups is 1. The van der Waals surface area contributed by atoms with Gasteiger partial charge in [0.1, 0.15) is 19.2 Å². The number of hydrogen-bond acceptors (Lipinski definition) is 6. The first kappa shape index (κ1) is 19.8. The molecule has 132 valence electrons. The number of alkyl carbamates (subject to hydrolysis) is 1. The van der Waals surface area contributed by atoms with Crippen LogP contribution in [0.3, 0.4) is 0 Å². The predicted octanol–water partition coefficient (Wildman–Crippen LogP) is 1.32. The number of methoxy groups -OCH3 is 1. The first-order valence-electron chi connectivity index (χ1n) is 7.37. The quantitative estimate of drug-likeness (QED) is 0.650. The van der Waals surface area contributed by atoms with Crippen LogP contribution in [0.4, 0.5) is 4.79 Å². The number of ether oxygens (including phenoxy) is 2. The first-order chi connectivity index (χ1) is 11.6. The van der Waals surface area contributed by atoms with E-state index in [-0.39, 0.29) is 13.2 Å². The van der Waals surface area contributed by atoms with Gasteiger partial charge in [0, 0.05) is 0 Å². The third kappa shape index (κ3) is 7.87. The smallest absolute Gasteiger partial charge is 0.407 e. The highest BCUT2D eigenvalue weighted by Gasteiger charge is 2.21. The first-order valence-corrected chi connectivity index (χ1v) is 8.77. The van der Waals surface area contributed by atoms with Crippen molar-refractivity contribution in [3.63, 3.8) is 0 Å². The van der Waals surface area contributed by atoms with Gasteiger partial charge in [0.25, 0.3) is 0 Å². The number of benzene rings is 1. The maximum Gasteiger partial charge on any atom is 0.407 e. The minimum absolute atomic E-state index is 0.118. The van der Waals surface area contributed by atoms with E-state index in [1.807, 2.05) is 36.6 Å². The minimum Gasteiger partial charge on any atom is -0.467 e. The lowest BCUT2D eigenvalue weighted by molar-refractivity contribution is -0.145. The zero-order valence-corrected chi connectivity index (χ0v) is 14.6. The molecule has 7 nitrogen and oxygen atoms in total. The highest BCUT2D eigenvalue weighted by molar-refractivity contribution is 7.98. The molecule has 0 spiro atoms. The molecule has 0 aliphatic rings. The Morgan fingerprint density at radius 3 is 2.54 bits per heavy atom. The van der Waals surface area contributed by atoms with E-state index in [9.17, 15) is 14.4 Å². The van der Waals surface area contributed by atoms with Crippen LogP contribution < -0.4 is 10.6 Å². The molecule has 0 aliphatic heterocycles. The highest BCUT2D eigenvalue weighted by Crippen LogP contribution is 2.02. The summed E-state index contributed by atoms with van der Waals surface area (Å²) >= 11 is 1.56. The summed E-state index contributed by atoms with van der Waals surface area (Å²) in [5.74, 6) is -0.292. The molecule has 0 bridgehead atoms. The van der Waals surface area contributed by atoms with Crippen LogP contribution in [0, 0.1) is 0 Å². The predicted molar refractivity (Wildman–Crippen MR) is 91.6 cm³/mol. The van der Waals surface area contributed by atoms with Crippen molar-refractivity contribution in [2.24, 2.45) is 0 Å². The summed E-state index contributed by atoms with van der Waals surface area (Å²) in [7, 11) is 1.26. The summed E-state index contributed by atoms with van der Waals surface area (Å²) < 4.78 is 9.64. The lowest BCUT2D eigenvalue weighted by Crippen LogP contribution is -2.46. The number of hydrogen-bond donors (Lipinski definition) is 2. The SMILES string of the molecule is COC(=O)C(CCSC)NC(=O)CNC(=O)OCc1ccccc1. The van der Waals surface area contributed by atoms with Crippen LogP contribution in [-0.4, -0.2) is 49.7 Å². The maximum atomic E-state index is 11.8. The second-order valence-corrected chi connectivity index (χ2v) is 5.83. The van der Waals surface area contributed by atoms with Crippen LogP contribution in [0.25, 0.3) is 0 Å². The Morgan fingerprint density at radius 1 is 1.21 bits per heavy atom. The van der Waals surface area contributed by atoms with Crippen molar-refractivity contribution >= 4 is 29.7 Å². The van der Waals surface area contributed by atoms with Gasteiger partial charge in [-0.1, -0.05) is 30.3 Å². The number of carbonyl (C=O) groups excluding carboxylic acids is 3. The summed E-state index contributed by atoms with van der Waals surface area (Å²) in [6.07, 6.45) is 1.66. The lowest BCUT2D eigenvalue weighted by atomic mass is 10.2. The number of carbonyl (C=O) groups is 3. The second-order valence-electron chi connectivity index (χ2n) is 4.84. The molecule has 0 radical (unpaired) electrons. The van der Waals surface area contributed by atoms with Gasteiger partial charge in [-0.15, -0.1) is 0 Å². The van der Waals surface area contributed by atoms with E-state index in [0.29, 0.717) is 12.2 Å². The van der Waals surface area contributed by atoms with Gasteiger partial charge in [-0.3, -0.25) is 4.79 Å². The third-order valence-electron chi connectivity index (χ3n) is 3.04. The van der Waals surface area contributed by atoms with Crippen molar-refractivity contribution in [3.05, 3.63) is 35.9 Å². The van der Waals surface area contributed by atoms with Gasteiger partial charge in [0.2, 0.25) is 5.91 Å². The molecule has 0 fully saturated rings.